The zero-order valence-corrected chi connectivity index (χ0v) is 7.86. The van der Waals surface area contributed by atoms with Gasteiger partial charge in [0.15, 0.2) is 0 Å². The van der Waals surface area contributed by atoms with Crippen molar-refractivity contribution in [2.24, 2.45) is 0 Å². The van der Waals surface area contributed by atoms with Gasteiger partial charge in [0.25, 0.3) is 11.3 Å². The normalized spacial score (nSPS) is 15.5. The Kier molecular flexibility index (Phi) is 1.57. The molecule has 0 fully saturated rings. The maximum absolute atomic E-state index is 11.9. The van der Waals surface area contributed by atoms with Gasteiger partial charge >= 0.3 is 0 Å². The Morgan fingerprint density at radius 3 is 3.20 bits per heavy atom. The van der Waals surface area contributed by atoms with Gasteiger partial charge in [-0.05, 0) is 0 Å². The number of nitrogens with zero attached hydrogens (tertiary/aromatic N) is 3. The molecule has 0 atom stereocenters. The first-order valence-corrected chi connectivity index (χ1v) is 4.59. The molecule has 3 rings (SSSR count). The van der Waals surface area contributed by atoms with Crippen LogP contribution in [-0.4, -0.2) is 26.2 Å². The van der Waals surface area contributed by atoms with Crippen molar-refractivity contribution in [2.75, 3.05) is 12.3 Å². The minimum atomic E-state index is -0.182. The highest BCUT2D eigenvalue weighted by Crippen LogP contribution is 2.11. The van der Waals surface area contributed by atoms with E-state index in [0.29, 0.717) is 31.0 Å². The van der Waals surface area contributed by atoms with E-state index in [1.165, 1.54) is 4.52 Å². The second-order valence-corrected chi connectivity index (χ2v) is 3.39. The number of ether oxygens (including phenoxy) is 1. The lowest BCUT2D eigenvalue weighted by Gasteiger charge is -2.13. The molecule has 0 unspecified atom stereocenters. The summed E-state index contributed by atoms with van der Waals surface area (Å²) >= 11 is 0. The van der Waals surface area contributed by atoms with Crippen LogP contribution in [0.1, 0.15) is 11.3 Å². The fourth-order valence-electron chi connectivity index (χ4n) is 1.71. The Hall–Kier alpha value is -1.89. The third-order valence-corrected chi connectivity index (χ3v) is 2.42. The molecule has 0 aromatic carbocycles. The van der Waals surface area contributed by atoms with Crippen molar-refractivity contribution in [2.45, 2.75) is 13.0 Å². The molecule has 7 nitrogen and oxygen atoms in total. The van der Waals surface area contributed by atoms with Crippen LogP contribution in [0, 0.1) is 0 Å². The van der Waals surface area contributed by atoms with E-state index < -0.39 is 0 Å². The van der Waals surface area contributed by atoms with Gasteiger partial charge in [0.05, 0.1) is 24.5 Å². The van der Waals surface area contributed by atoms with E-state index in [2.05, 4.69) is 15.1 Å². The van der Waals surface area contributed by atoms with Gasteiger partial charge < -0.3 is 10.5 Å². The van der Waals surface area contributed by atoms with Crippen molar-refractivity contribution in [3.05, 3.63) is 21.6 Å². The second-order valence-electron chi connectivity index (χ2n) is 3.39. The predicted molar refractivity (Wildman–Crippen MR) is 51.4 cm³/mol. The van der Waals surface area contributed by atoms with Gasteiger partial charge in [0.1, 0.15) is 0 Å². The number of aromatic amines is 1. The molecule has 0 bridgehead atoms. The highest BCUT2D eigenvalue weighted by Gasteiger charge is 2.18. The summed E-state index contributed by atoms with van der Waals surface area (Å²) in [6.45, 7) is 0.901. The Bertz CT molecular complexity index is 584. The zero-order valence-electron chi connectivity index (χ0n) is 7.86. The third kappa shape index (κ3) is 1.13. The molecule has 3 N–H and O–H groups in total. The predicted octanol–water partition coefficient (Wildman–Crippen LogP) is -0.928. The summed E-state index contributed by atoms with van der Waals surface area (Å²) in [6.07, 6.45) is 0.647. The van der Waals surface area contributed by atoms with Gasteiger partial charge in [-0.2, -0.15) is 9.50 Å². The molecule has 78 valence electrons. The fourth-order valence-corrected chi connectivity index (χ4v) is 1.71. The van der Waals surface area contributed by atoms with Crippen molar-refractivity contribution in [3.8, 4) is 0 Å². The van der Waals surface area contributed by atoms with Crippen molar-refractivity contribution in [3.63, 3.8) is 0 Å². The van der Waals surface area contributed by atoms with E-state index in [9.17, 15) is 4.79 Å². The summed E-state index contributed by atoms with van der Waals surface area (Å²) in [5.74, 6) is 0.501. The van der Waals surface area contributed by atoms with Gasteiger partial charge in [0.2, 0.25) is 5.95 Å². The number of nitrogen functional groups attached to an aromatic ring is 1. The number of nitrogens with one attached hydrogen (secondary N) is 1. The molecule has 3 heterocycles. The van der Waals surface area contributed by atoms with E-state index in [4.69, 9.17) is 10.5 Å². The summed E-state index contributed by atoms with van der Waals surface area (Å²) < 4.78 is 6.45. The fraction of sp³-hybridized carbons (Fsp3) is 0.375. The summed E-state index contributed by atoms with van der Waals surface area (Å²) in [7, 11) is 0. The molecular weight excluding hydrogens is 198 g/mol. The molecular formula is C8H9N5O2. The molecule has 0 radical (unpaired) electrons. The minimum Gasteiger partial charge on any atom is -0.376 e. The number of H-pyrrole nitrogens is 1. The average Bonchev–Trinajstić information content (AvgIpc) is 2.59. The van der Waals surface area contributed by atoms with E-state index in [-0.39, 0.29) is 11.5 Å². The van der Waals surface area contributed by atoms with Crippen LogP contribution in [0.15, 0.2) is 4.79 Å². The van der Waals surface area contributed by atoms with Crippen LogP contribution in [0.2, 0.25) is 0 Å². The van der Waals surface area contributed by atoms with Crippen molar-refractivity contribution in [1.82, 2.24) is 19.6 Å². The van der Waals surface area contributed by atoms with Crippen molar-refractivity contribution < 1.29 is 4.74 Å². The summed E-state index contributed by atoms with van der Waals surface area (Å²) in [5.41, 5.74) is 6.63. The number of hydrogen-bond donors (Lipinski definition) is 2. The SMILES string of the molecule is Nc1nc2nc3c(c(=O)n2[nH]1)COCC3. The highest BCUT2D eigenvalue weighted by molar-refractivity contribution is 5.37. The molecule has 0 saturated heterocycles. The van der Waals surface area contributed by atoms with Crippen LogP contribution in [-0.2, 0) is 17.8 Å². The maximum Gasteiger partial charge on any atom is 0.279 e. The van der Waals surface area contributed by atoms with E-state index in [1.54, 1.807) is 0 Å². The van der Waals surface area contributed by atoms with E-state index in [1.807, 2.05) is 0 Å². The largest absolute Gasteiger partial charge is 0.376 e. The molecule has 7 heteroatoms. The van der Waals surface area contributed by atoms with Crippen molar-refractivity contribution in [1.29, 1.82) is 0 Å². The zero-order chi connectivity index (χ0) is 10.4. The number of nitrogens with two attached hydrogens (primary N) is 1. The molecule has 0 aliphatic carbocycles. The van der Waals surface area contributed by atoms with Gasteiger partial charge in [-0.25, -0.2) is 4.98 Å². The average molecular weight is 207 g/mol. The van der Waals surface area contributed by atoms with Crippen LogP contribution < -0.4 is 11.3 Å². The van der Waals surface area contributed by atoms with Gasteiger partial charge in [-0.1, -0.05) is 0 Å². The molecule has 15 heavy (non-hydrogen) atoms. The van der Waals surface area contributed by atoms with Gasteiger partial charge in [0, 0.05) is 6.42 Å². The minimum absolute atomic E-state index is 0.182. The number of rotatable bonds is 0. The standard InChI is InChI=1S/C8H9N5O2/c9-7-11-8-10-5-1-2-15-3-4(5)6(14)13(8)12-7/h1-3H2,(H3,9,10,11,12). The van der Waals surface area contributed by atoms with E-state index in [0.717, 1.165) is 5.69 Å². The maximum atomic E-state index is 11.9. The quantitative estimate of drug-likeness (QED) is 0.581. The molecule has 0 spiro atoms. The number of hydrogen-bond acceptors (Lipinski definition) is 5. The van der Waals surface area contributed by atoms with Crippen LogP contribution in [0.25, 0.3) is 5.78 Å². The number of fused-ring (bicyclic) bond motifs is 2. The lowest BCUT2D eigenvalue weighted by atomic mass is 10.1. The second kappa shape index (κ2) is 2.80. The van der Waals surface area contributed by atoms with Gasteiger partial charge in [-0.15, -0.1) is 0 Å². The van der Waals surface area contributed by atoms with E-state index >= 15 is 0 Å². The Morgan fingerprint density at radius 1 is 1.47 bits per heavy atom. The molecule has 2 aromatic rings. The summed E-state index contributed by atoms with van der Waals surface area (Å²) in [4.78, 5) is 20.1. The molecule has 0 amide bonds. The number of anilines is 1. The summed E-state index contributed by atoms with van der Waals surface area (Å²) in [6, 6.07) is 0. The lowest BCUT2D eigenvalue weighted by Crippen LogP contribution is -2.27. The van der Waals surface area contributed by atoms with Crippen molar-refractivity contribution >= 4 is 11.7 Å². The van der Waals surface area contributed by atoms with Gasteiger partial charge in [-0.3, -0.25) is 9.89 Å². The lowest BCUT2D eigenvalue weighted by molar-refractivity contribution is 0.108. The molecule has 1 aliphatic rings. The van der Waals surface area contributed by atoms with Crippen LogP contribution in [0.4, 0.5) is 5.95 Å². The monoisotopic (exact) mass is 207 g/mol. The first-order chi connectivity index (χ1) is 7.25. The van der Waals surface area contributed by atoms with Crippen LogP contribution >= 0.6 is 0 Å². The number of aromatic nitrogens is 4. The molecule has 2 aromatic heterocycles. The first kappa shape index (κ1) is 8.42. The molecule has 0 saturated carbocycles. The Morgan fingerprint density at radius 2 is 2.33 bits per heavy atom. The highest BCUT2D eigenvalue weighted by atomic mass is 16.5. The van der Waals surface area contributed by atoms with Crippen LogP contribution in [0.3, 0.4) is 0 Å². The Balaban J connectivity index is 2.40. The Labute approximate surface area is 83.9 Å². The van der Waals surface area contributed by atoms with Crippen LogP contribution in [0.5, 0.6) is 0 Å². The summed E-state index contributed by atoms with van der Waals surface area (Å²) in [5, 5.41) is 2.63. The first-order valence-electron chi connectivity index (χ1n) is 4.59. The molecule has 1 aliphatic heterocycles. The topological polar surface area (TPSA) is 98.3 Å². The third-order valence-electron chi connectivity index (χ3n) is 2.42. The smallest absolute Gasteiger partial charge is 0.279 e.